The minimum Gasteiger partial charge on any atom is -0.465 e. The van der Waals surface area contributed by atoms with E-state index in [0.717, 1.165) is 11.3 Å². The van der Waals surface area contributed by atoms with Crippen LogP contribution in [0.1, 0.15) is 32.3 Å². The number of nitrogens with zero attached hydrogens (tertiary/aromatic N) is 1. The number of esters is 2. The Morgan fingerprint density at radius 2 is 1.77 bits per heavy atom. The van der Waals surface area contributed by atoms with E-state index in [9.17, 15) is 9.59 Å². The van der Waals surface area contributed by atoms with Gasteiger partial charge in [0, 0.05) is 13.5 Å². The third kappa shape index (κ3) is 4.53. The molecule has 1 aromatic rings. The molecule has 0 aromatic heterocycles. The van der Waals surface area contributed by atoms with E-state index < -0.39 is 30.2 Å². The predicted molar refractivity (Wildman–Crippen MR) is 95.3 cm³/mol. The average molecular weight is 365 g/mol. The van der Waals surface area contributed by atoms with E-state index in [1.807, 2.05) is 31.2 Å². The van der Waals surface area contributed by atoms with Gasteiger partial charge in [0.05, 0.1) is 24.9 Å². The molecule has 0 amide bonds. The molecule has 1 aliphatic rings. The Morgan fingerprint density at radius 1 is 1.15 bits per heavy atom. The lowest BCUT2D eigenvalue weighted by Crippen LogP contribution is -2.53. The third-order valence-corrected chi connectivity index (χ3v) is 4.31. The molecule has 7 heteroatoms. The molecule has 0 unspecified atom stereocenters. The van der Waals surface area contributed by atoms with E-state index in [-0.39, 0.29) is 13.2 Å². The zero-order chi connectivity index (χ0) is 19.1. The van der Waals surface area contributed by atoms with Crippen molar-refractivity contribution in [2.75, 3.05) is 25.4 Å². The number of benzene rings is 1. The molecule has 0 N–H and O–H groups in total. The molecule has 0 radical (unpaired) electrons. The second-order valence-corrected chi connectivity index (χ2v) is 6.01. The Kier molecular flexibility index (Phi) is 7.41. The summed E-state index contributed by atoms with van der Waals surface area (Å²) in [5, 5.41) is 1.60. The molecule has 0 bridgehead atoms. The summed E-state index contributed by atoms with van der Waals surface area (Å²) in [6.45, 7) is 5.73. The quantitative estimate of drug-likeness (QED) is 0.543. The van der Waals surface area contributed by atoms with Gasteiger partial charge in [0.15, 0.2) is 12.2 Å². The highest BCUT2D eigenvalue weighted by Crippen LogP contribution is 2.34. The van der Waals surface area contributed by atoms with E-state index in [0.29, 0.717) is 12.8 Å². The molecule has 1 aliphatic heterocycles. The summed E-state index contributed by atoms with van der Waals surface area (Å²) in [4.78, 5) is 31.0. The van der Waals surface area contributed by atoms with Crippen LogP contribution in [0.3, 0.4) is 0 Å². The Bertz CT molecular complexity index is 602. The van der Waals surface area contributed by atoms with Crippen molar-refractivity contribution in [2.24, 2.45) is 5.92 Å². The van der Waals surface area contributed by atoms with Crippen molar-refractivity contribution >= 4 is 17.6 Å². The molecule has 7 nitrogen and oxygen atoms in total. The van der Waals surface area contributed by atoms with Crippen molar-refractivity contribution < 1.29 is 28.6 Å². The first-order valence-corrected chi connectivity index (χ1v) is 8.91. The molecule has 0 spiro atoms. The Balaban J connectivity index is 2.40. The highest BCUT2D eigenvalue weighted by Gasteiger charge is 2.45. The zero-order valence-electron chi connectivity index (χ0n) is 15.8. The number of carbonyl (C=O) groups excluding carboxylic acids is 2. The molecule has 144 valence electrons. The van der Waals surface area contributed by atoms with Gasteiger partial charge in [0.1, 0.15) is 0 Å². The van der Waals surface area contributed by atoms with Crippen LogP contribution in [0.15, 0.2) is 24.3 Å². The number of methoxy groups -OCH3 is 1. The summed E-state index contributed by atoms with van der Waals surface area (Å²) in [6.07, 6.45) is 0.629. The van der Waals surface area contributed by atoms with Crippen molar-refractivity contribution in [2.45, 2.75) is 45.9 Å². The fourth-order valence-electron chi connectivity index (χ4n) is 3.07. The van der Waals surface area contributed by atoms with E-state index in [1.54, 1.807) is 26.0 Å². The molecule has 1 saturated heterocycles. The fourth-order valence-corrected chi connectivity index (χ4v) is 3.07. The second kappa shape index (κ2) is 9.54. The average Bonchev–Trinajstić information content (AvgIpc) is 2.63. The first-order chi connectivity index (χ1) is 12.5. The van der Waals surface area contributed by atoms with E-state index in [2.05, 4.69) is 0 Å². The Labute approximate surface area is 154 Å². The van der Waals surface area contributed by atoms with Gasteiger partial charge in [0.25, 0.3) is 0 Å². The van der Waals surface area contributed by atoms with Gasteiger partial charge < -0.3 is 14.2 Å². The Hall–Kier alpha value is -2.12. The van der Waals surface area contributed by atoms with Gasteiger partial charge in [-0.3, -0.25) is 9.59 Å². The van der Waals surface area contributed by atoms with Crippen LogP contribution < -0.4 is 5.06 Å². The van der Waals surface area contributed by atoms with Crippen LogP contribution in [-0.4, -0.2) is 44.6 Å². The number of ether oxygens (including phenoxy) is 3. The number of hydroxylamine groups is 1. The van der Waals surface area contributed by atoms with Gasteiger partial charge in [-0.05, 0) is 38.8 Å². The molecule has 1 aromatic carbocycles. The number of hydrogen-bond donors (Lipinski definition) is 0. The highest BCUT2D eigenvalue weighted by atomic mass is 16.8. The lowest BCUT2D eigenvalue weighted by Gasteiger charge is -2.42. The normalized spacial score (nSPS) is 20.1. The van der Waals surface area contributed by atoms with Crippen molar-refractivity contribution in [3.05, 3.63) is 29.8 Å². The summed E-state index contributed by atoms with van der Waals surface area (Å²) in [7, 11) is 1.56. The molecular weight excluding hydrogens is 338 g/mol. The number of carbonyl (C=O) groups is 2. The number of rotatable bonds is 7. The van der Waals surface area contributed by atoms with Crippen LogP contribution in [0.4, 0.5) is 5.69 Å². The molecule has 26 heavy (non-hydrogen) atoms. The lowest BCUT2D eigenvalue weighted by molar-refractivity contribution is -0.183. The Morgan fingerprint density at radius 3 is 2.31 bits per heavy atom. The van der Waals surface area contributed by atoms with Gasteiger partial charge in [-0.25, -0.2) is 9.90 Å². The van der Waals surface area contributed by atoms with Gasteiger partial charge in [-0.2, -0.15) is 0 Å². The van der Waals surface area contributed by atoms with Gasteiger partial charge in [-0.1, -0.05) is 18.2 Å². The standard InChI is InChI=1S/C19H27NO6/c1-5-24-18(21)17(19(22)25-6-2)15-11-12-16(23-4)26-20(15)14-10-8-7-9-13(14)3/h7-10,15-17H,5-6,11-12H2,1-4H3/t15-,16-/m1/s1. The lowest BCUT2D eigenvalue weighted by atomic mass is 9.93. The molecule has 0 saturated carbocycles. The smallest absolute Gasteiger partial charge is 0.322 e. The van der Waals surface area contributed by atoms with Crippen molar-refractivity contribution in [1.29, 1.82) is 0 Å². The van der Waals surface area contributed by atoms with Crippen LogP contribution in [0, 0.1) is 12.8 Å². The summed E-state index contributed by atoms with van der Waals surface area (Å²) in [5.74, 6) is -2.30. The zero-order valence-corrected chi connectivity index (χ0v) is 15.8. The van der Waals surface area contributed by atoms with Crippen LogP contribution in [-0.2, 0) is 28.6 Å². The molecule has 1 heterocycles. The topological polar surface area (TPSA) is 74.3 Å². The number of para-hydroxylation sites is 1. The van der Waals surface area contributed by atoms with Crippen LogP contribution in [0.5, 0.6) is 0 Å². The van der Waals surface area contributed by atoms with Crippen LogP contribution >= 0.6 is 0 Å². The predicted octanol–water partition coefficient (Wildman–Crippen LogP) is 2.61. The fraction of sp³-hybridized carbons (Fsp3) is 0.579. The summed E-state index contributed by atoms with van der Waals surface area (Å²) in [6, 6.07) is 7.08. The molecular formula is C19H27NO6. The monoisotopic (exact) mass is 365 g/mol. The largest absolute Gasteiger partial charge is 0.465 e. The number of hydrogen-bond acceptors (Lipinski definition) is 7. The van der Waals surface area contributed by atoms with E-state index in [1.165, 1.54) is 0 Å². The third-order valence-electron chi connectivity index (χ3n) is 4.31. The number of anilines is 1. The van der Waals surface area contributed by atoms with Gasteiger partial charge >= 0.3 is 11.9 Å². The maximum absolute atomic E-state index is 12.5. The molecule has 1 fully saturated rings. The van der Waals surface area contributed by atoms with Crippen molar-refractivity contribution in [3.63, 3.8) is 0 Å². The van der Waals surface area contributed by atoms with Gasteiger partial charge in [-0.15, -0.1) is 0 Å². The van der Waals surface area contributed by atoms with Crippen LogP contribution in [0.2, 0.25) is 0 Å². The van der Waals surface area contributed by atoms with E-state index in [4.69, 9.17) is 19.0 Å². The van der Waals surface area contributed by atoms with Crippen molar-refractivity contribution in [3.8, 4) is 0 Å². The first kappa shape index (κ1) is 20.2. The summed E-state index contributed by atoms with van der Waals surface area (Å²) in [5.41, 5.74) is 1.73. The van der Waals surface area contributed by atoms with Gasteiger partial charge in [0.2, 0.25) is 0 Å². The molecule has 0 aliphatic carbocycles. The summed E-state index contributed by atoms with van der Waals surface area (Å²) < 4.78 is 15.6. The summed E-state index contributed by atoms with van der Waals surface area (Å²) >= 11 is 0. The highest BCUT2D eigenvalue weighted by molar-refractivity contribution is 5.96. The molecule has 2 atom stereocenters. The molecule has 2 rings (SSSR count). The SMILES string of the molecule is CCOC(=O)C(C(=O)OCC)[C@H]1CC[C@H](OC)ON1c1ccccc1C. The maximum atomic E-state index is 12.5. The van der Waals surface area contributed by atoms with Crippen molar-refractivity contribution in [1.82, 2.24) is 0 Å². The minimum atomic E-state index is -1.09. The van der Waals surface area contributed by atoms with Crippen LogP contribution in [0.25, 0.3) is 0 Å². The number of aryl methyl sites for hydroxylation is 1. The second-order valence-electron chi connectivity index (χ2n) is 6.01. The van der Waals surface area contributed by atoms with E-state index >= 15 is 0 Å². The minimum absolute atomic E-state index is 0.188. The first-order valence-electron chi connectivity index (χ1n) is 8.91. The maximum Gasteiger partial charge on any atom is 0.322 e.